The molecule has 13 heteroatoms. The van der Waals surface area contributed by atoms with E-state index < -0.39 is 60.2 Å². The number of carboxylic acids is 1. The lowest BCUT2D eigenvalue weighted by Gasteiger charge is -2.26. The lowest BCUT2D eigenvalue weighted by Crippen LogP contribution is -2.58. The molecule has 4 aromatic rings. The maximum atomic E-state index is 13.7. The van der Waals surface area contributed by atoms with Crippen molar-refractivity contribution >= 4 is 51.4 Å². The first kappa shape index (κ1) is 32.7. The van der Waals surface area contributed by atoms with Crippen LogP contribution in [0.25, 0.3) is 21.8 Å². The fourth-order valence-electron chi connectivity index (χ4n) is 5.29. The molecular formula is C32H39N7O6. The largest absolute Gasteiger partial charge is 0.480 e. The molecule has 2 heterocycles. The molecule has 0 aliphatic carbocycles. The summed E-state index contributed by atoms with van der Waals surface area (Å²) in [6.45, 7) is 3.77. The van der Waals surface area contributed by atoms with Gasteiger partial charge in [-0.1, -0.05) is 50.2 Å². The van der Waals surface area contributed by atoms with Crippen molar-refractivity contribution in [3.8, 4) is 0 Å². The Morgan fingerprint density at radius 1 is 0.733 bits per heavy atom. The zero-order valence-electron chi connectivity index (χ0n) is 25.1. The number of aromatic amines is 2. The van der Waals surface area contributed by atoms with Gasteiger partial charge < -0.3 is 42.5 Å². The lowest BCUT2D eigenvalue weighted by molar-refractivity contribution is -0.143. The number of carboxylic acid groups (broad SMARTS) is 1. The summed E-state index contributed by atoms with van der Waals surface area (Å²) in [5.41, 5.74) is 14.7. The molecule has 0 bridgehead atoms. The number of carbonyl (C=O) groups excluding carboxylic acids is 4. The Hall–Kier alpha value is -5.17. The van der Waals surface area contributed by atoms with Gasteiger partial charge >= 0.3 is 5.97 Å². The van der Waals surface area contributed by atoms with Crippen LogP contribution in [0, 0.1) is 5.92 Å². The number of amides is 4. The van der Waals surface area contributed by atoms with Gasteiger partial charge in [-0.15, -0.1) is 0 Å². The second kappa shape index (κ2) is 14.5. The third-order valence-corrected chi connectivity index (χ3v) is 7.54. The third-order valence-electron chi connectivity index (χ3n) is 7.54. The van der Waals surface area contributed by atoms with Crippen LogP contribution in [0.3, 0.4) is 0 Å². The maximum Gasteiger partial charge on any atom is 0.326 e. The Bertz CT molecular complexity index is 1690. The van der Waals surface area contributed by atoms with E-state index in [0.29, 0.717) is 5.56 Å². The number of hydrogen-bond donors (Lipinski definition) is 8. The molecule has 45 heavy (non-hydrogen) atoms. The number of nitrogens with two attached hydrogens (primary N) is 2. The van der Waals surface area contributed by atoms with Crippen molar-refractivity contribution in [2.75, 3.05) is 0 Å². The summed E-state index contributed by atoms with van der Waals surface area (Å²) < 4.78 is 0. The average Bonchev–Trinajstić information content (AvgIpc) is 3.59. The van der Waals surface area contributed by atoms with E-state index in [0.717, 1.165) is 27.4 Å². The molecule has 4 rings (SSSR count). The molecule has 238 valence electrons. The molecule has 10 N–H and O–H groups in total. The molecule has 0 saturated carbocycles. The van der Waals surface area contributed by atoms with Crippen LogP contribution in [-0.4, -0.2) is 68.8 Å². The molecular weight excluding hydrogens is 578 g/mol. The van der Waals surface area contributed by atoms with E-state index in [2.05, 4.69) is 25.9 Å². The Balaban J connectivity index is 1.53. The van der Waals surface area contributed by atoms with Crippen molar-refractivity contribution in [1.29, 1.82) is 0 Å². The molecule has 0 spiro atoms. The zero-order chi connectivity index (χ0) is 32.7. The summed E-state index contributed by atoms with van der Waals surface area (Å²) in [7, 11) is 0. The summed E-state index contributed by atoms with van der Waals surface area (Å²) in [5.74, 6) is -4.38. The van der Waals surface area contributed by atoms with E-state index in [1.54, 1.807) is 12.4 Å². The monoisotopic (exact) mass is 617 g/mol. The van der Waals surface area contributed by atoms with Gasteiger partial charge in [0.2, 0.25) is 23.6 Å². The Labute approximate surface area is 259 Å². The Kier molecular flexibility index (Phi) is 10.6. The number of hydrogen-bond acceptors (Lipinski definition) is 6. The highest BCUT2D eigenvalue weighted by molar-refractivity contribution is 5.96. The van der Waals surface area contributed by atoms with Gasteiger partial charge in [-0.2, -0.15) is 0 Å². The minimum atomic E-state index is -1.59. The summed E-state index contributed by atoms with van der Waals surface area (Å²) in [6, 6.07) is 10.2. The van der Waals surface area contributed by atoms with Crippen molar-refractivity contribution in [2.24, 2.45) is 17.4 Å². The predicted octanol–water partition coefficient (Wildman–Crippen LogP) is 1.22. The van der Waals surface area contributed by atoms with E-state index in [-0.39, 0.29) is 25.2 Å². The molecule has 4 amide bonds. The molecule has 0 aliphatic rings. The van der Waals surface area contributed by atoms with E-state index in [1.807, 2.05) is 62.4 Å². The standard InChI is InChI=1S/C32H39N7O6/c1-17(2)11-25(37-29(41)22(33)12-18-15-35-23-9-5-3-7-20(18)23)30(42)38-26(31(43)39-27(32(44)45)14-28(34)40)13-19-16-36-24-10-6-4-8-21(19)24/h3-10,15-17,22,25-27,35-36H,11-14,33H2,1-2H3,(H2,34,40)(H,37,41)(H,38,42)(H,39,43)(H,44,45). The first-order valence-corrected chi connectivity index (χ1v) is 14.7. The molecule has 13 nitrogen and oxygen atoms in total. The number of aromatic nitrogens is 2. The molecule has 2 aromatic carbocycles. The minimum Gasteiger partial charge on any atom is -0.480 e. The highest BCUT2D eigenvalue weighted by Crippen LogP contribution is 2.21. The van der Waals surface area contributed by atoms with Gasteiger partial charge in [0.25, 0.3) is 0 Å². The second-order valence-electron chi connectivity index (χ2n) is 11.6. The number of nitrogens with one attached hydrogen (secondary N) is 5. The van der Waals surface area contributed by atoms with Crippen molar-refractivity contribution in [1.82, 2.24) is 25.9 Å². The summed E-state index contributed by atoms with van der Waals surface area (Å²) >= 11 is 0. The van der Waals surface area contributed by atoms with Crippen LogP contribution in [0.2, 0.25) is 0 Å². The van der Waals surface area contributed by atoms with E-state index in [9.17, 15) is 29.1 Å². The minimum absolute atomic E-state index is 0.00702. The zero-order valence-corrected chi connectivity index (χ0v) is 25.1. The van der Waals surface area contributed by atoms with Crippen molar-refractivity contribution in [2.45, 2.75) is 63.7 Å². The van der Waals surface area contributed by atoms with Gasteiger partial charge in [0.15, 0.2) is 0 Å². The number of carbonyl (C=O) groups is 5. The average molecular weight is 618 g/mol. The smallest absolute Gasteiger partial charge is 0.326 e. The van der Waals surface area contributed by atoms with Crippen LogP contribution in [0.4, 0.5) is 0 Å². The van der Waals surface area contributed by atoms with Crippen molar-refractivity contribution < 1.29 is 29.1 Å². The van der Waals surface area contributed by atoms with Crippen LogP contribution < -0.4 is 27.4 Å². The van der Waals surface area contributed by atoms with Gasteiger partial charge in [-0.3, -0.25) is 19.2 Å². The molecule has 4 unspecified atom stereocenters. The normalized spacial score (nSPS) is 14.0. The highest BCUT2D eigenvalue weighted by atomic mass is 16.4. The van der Waals surface area contributed by atoms with Crippen LogP contribution >= 0.6 is 0 Å². The fraction of sp³-hybridized carbons (Fsp3) is 0.344. The van der Waals surface area contributed by atoms with Crippen LogP contribution in [0.15, 0.2) is 60.9 Å². The fourth-order valence-corrected chi connectivity index (χ4v) is 5.29. The second-order valence-corrected chi connectivity index (χ2v) is 11.6. The van der Waals surface area contributed by atoms with Crippen LogP contribution in [-0.2, 0) is 36.8 Å². The molecule has 0 fully saturated rings. The quantitative estimate of drug-likeness (QED) is 0.0972. The molecule has 0 saturated heterocycles. The number of para-hydroxylation sites is 2. The SMILES string of the molecule is CC(C)CC(NC(=O)C(N)Cc1c[nH]c2ccccc12)C(=O)NC(Cc1c[nH]c2ccccc12)C(=O)NC(CC(N)=O)C(=O)O. The lowest BCUT2D eigenvalue weighted by atomic mass is 9.99. The van der Waals surface area contributed by atoms with E-state index in [1.165, 1.54) is 0 Å². The first-order chi connectivity index (χ1) is 21.4. The van der Waals surface area contributed by atoms with E-state index >= 15 is 0 Å². The Morgan fingerprint density at radius 3 is 1.76 bits per heavy atom. The third kappa shape index (κ3) is 8.48. The first-order valence-electron chi connectivity index (χ1n) is 14.7. The maximum absolute atomic E-state index is 13.7. The molecule has 2 aromatic heterocycles. The molecule has 0 aliphatic heterocycles. The summed E-state index contributed by atoms with van der Waals surface area (Å²) in [4.78, 5) is 69.8. The summed E-state index contributed by atoms with van der Waals surface area (Å²) in [5, 5.41) is 19.1. The molecule has 4 atom stereocenters. The molecule has 0 radical (unpaired) electrons. The van der Waals surface area contributed by atoms with Gasteiger partial charge in [0.1, 0.15) is 18.1 Å². The number of fused-ring (bicyclic) bond motifs is 2. The highest BCUT2D eigenvalue weighted by Gasteiger charge is 2.32. The Morgan fingerprint density at radius 2 is 1.22 bits per heavy atom. The van der Waals surface area contributed by atoms with Crippen LogP contribution in [0.5, 0.6) is 0 Å². The number of rotatable bonds is 15. The van der Waals surface area contributed by atoms with Crippen molar-refractivity contribution in [3.05, 3.63) is 72.1 Å². The van der Waals surface area contributed by atoms with Gasteiger partial charge in [-0.25, -0.2) is 4.79 Å². The van der Waals surface area contributed by atoms with Gasteiger partial charge in [0, 0.05) is 40.6 Å². The number of primary amides is 1. The van der Waals surface area contributed by atoms with Crippen molar-refractivity contribution in [3.63, 3.8) is 0 Å². The number of aliphatic carboxylic acids is 1. The van der Waals surface area contributed by atoms with E-state index in [4.69, 9.17) is 11.5 Å². The summed E-state index contributed by atoms with van der Waals surface area (Å²) in [6.07, 6.45) is 3.34. The van der Waals surface area contributed by atoms with Gasteiger partial charge in [-0.05, 0) is 42.0 Å². The topological polar surface area (TPSA) is 225 Å². The van der Waals surface area contributed by atoms with Gasteiger partial charge in [0.05, 0.1) is 12.5 Å². The van der Waals surface area contributed by atoms with Crippen LogP contribution in [0.1, 0.15) is 37.8 Å². The predicted molar refractivity (Wildman–Crippen MR) is 169 cm³/mol. The number of benzene rings is 2. The number of H-pyrrole nitrogens is 2.